The fourth-order valence-corrected chi connectivity index (χ4v) is 4.46. The zero-order valence-corrected chi connectivity index (χ0v) is 26.1. The van der Waals surface area contributed by atoms with Crippen LogP contribution in [0.1, 0.15) is 63.5 Å². The van der Waals surface area contributed by atoms with E-state index in [1.807, 2.05) is 30.3 Å². The fourth-order valence-electron chi connectivity index (χ4n) is 4.46. The highest BCUT2D eigenvalue weighted by molar-refractivity contribution is 5.99. The van der Waals surface area contributed by atoms with Gasteiger partial charge in [0.1, 0.15) is 17.0 Å². The Balaban J connectivity index is 1.58. The molecule has 44 heavy (non-hydrogen) atoms. The summed E-state index contributed by atoms with van der Waals surface area (Å²) in [6.45, 7) is 10.7. The number of ether oxygens (including phenoxy) is 3. The Bertz CT molecular complexity index is 1680. The van der Waals surface area contributed by atoms with Crippen LogP contribution in [0.25, 0.3) is 22.0 Å². The summed E-state index contributed by atoms with van der Waals surface area (Å²) in [6.07, 6.45) is -1.22. The van der Waals surface area contributed by atoms with E-state index >= 15 is 0 Å². The van der Waals surface area contributed by atoms with Crippen LogP contribution in [0.2, 0.25) is 0 Å². The Labute approximate surface area is 256 Å². The first-order valence-electron chi connectivity index (χ1n) is 14.2. The van der Waals surface area contributed by atoms with Gasteiger partial charge >= 0.3 is 12.2 Å². The van der Waals surface area contributed by atoms with E-state index in [9.17, 15) is 14.4 Å². The minimum Gasteiger partial charge on any atom is -0.497 e. The normalized spacial score (nSPS) is 12.3. The summed E-state index contributed by atoms with van der Waals surface area (Å²) in [5.74, 6) is 0.454. The first kappa shape index (κ1) is 31.9. The van der Waals surface area contributed by atoms with E-state index in [1.165, 1.54) is 0 Å². The Kier molecular flexibility index (Phi) is 9.17. The molecule has 4 aromatic rings. The maximum atomic E-state index is 13.5. The van der Waals surface area contributed by atoms with E-state index in [0.29, 0.717) is 22.2 Å². The van der Waals surface area contributed by atoms with Gasteiger partial charge in [0.15, 0.2) is 5.82 Å². The van der Waals surface area contributed by atoms with Crippen molar-refractivity contribution in [1.82, 2.24) is 20.4 Å². The summed E-state index contributed by atoms with van der Waals surface area (Å²) < 4.78 is 17.3. The van der Waals surface area contributed by atoms with Crippen LogP contribution in [-0.4, -0.2) is 52.7 Å². The third-order valence-electron chi connectivity index (χ3n) is 6.38. The van der Waals surface area contributed by atoms with E-state index in [4.69, 9.17) is 19.9 Å². The van der Waals surface area contributed by atoms with Crippen LogP contribution in [0.3, 0.4) is 0 Å². The monoisotopic (exact) mass is 601 g/mol. The van der Waals surface area contributed by atoms with Gasteiger partial charge in [0.25, 0.3) is 5.91 Å². The van der Waals surface area contributed by atoms with Crippen molar-refractivity contribution in [3.8, 4) is 16.9 Å². The molecule has 0 saturated heterocycles. The number of nitrogens with one attached hydrogen (secondary N) is 2. The van der Waals surface area contributed by atoms with Crippen LogP contribution < -0.4 is 21.1 Å². The van der Waals surface area contributed by atoms with Crippen LogP contribution in [0, 0.1) is 0 Å². The highest BCUT2D eigenvalue weighted by atomic mass is 16.6. The molecule has 2 amide bonds. The topological polar surface area (TPSA) is 147 Å². The van der Waals surface area contributed by atoms with Gasteiger partial charge in [-0.05, 0) is 94.6 Å². The summed E-state index contributed by atoms with van der Waals surface area (Å²) in [6, 6.07) is 19.2. The quantitative estimate of drug-likeness (QED) is 0.231. The largest absolute Gasteiger partial charge is 0.497 e. The first-order valence-corrected chi connectivity index (χ1v) is 14.2. The summed E-state index contributed by atoms with van der Waals surface area (Å²) in [7, 11) is 1.56. The zero-order valence-electron chi connectivity index (χ0n) is 26.1. The predicted octanol–water partition coefficient (Wildman–Crippen LogP) is 6.07. The number of methoxy groups -OCH3 is 1. The third-order valence-corrected chi connectivity index (χ3v) is 6.38. The number of nitrogen functional groups attached to an aromatic ring is 1. The van der Waals surface area contributed by atoms with Crippen molar-refractivity contribution >= 4 is 34.8 Å². The Hall–Kier alpha value is -5.06. The molecule has 0 aliphatic carbocycles. The molecular weight excluding hydrogens is 562 g/mol. The number of hydrogen-bond acceptors (Lipinski definition) is 8. The van der Waals surface area contributed by atoms with Gasteiger partial charge in [-0.15, -0.1) is 5.10 Å². The van der Waals surface area contributed by atoms with Crippen molar-refractivity contribution < 1.29 is 28.6 Å². The molecule has 0 spiro atoms. The number of nitrogens with two attached hydrogens (primary N) is 1. The van der Waals surface area contributed by atoms with Gasteiger partial charge in [-0.25, -0.2) is 9.59 Å². The lowest BCUT2D eigenvalue weighted by molar-refractivity contribution is 0.0511. The number of aromatic nitrogens is 2. The van der Waals surface area contributed by atoms with Crippen molar-refractivity contribution in [2.75, 3.05) is 19.4 Å². The second-order valence-corrected chi connectivity index (χ2v) is 12.3. The van der Waals surface area contributed by atoms with E-state index in [1.54, 1.807) is 85.1 Å². The Morgan fingerprint density at radius 3 is 2.25 bits per heavy atom. The molecule has 1 heterocycles. The van der Waals surface area contributed by atoms with Crippen molar-refractivity contribution in [3.63, 3.8) is 0 Å². The molecule has 0 radical (unpaired) electrons. The Morgan fingerprint density at radius 2 is 1.57 bits per heavy atom. The molecule has 0 aliphatic heterocycles. The van der Waals surface area contributed by atoms with Crippen LogP contribution in [0.4, 0.5) is 15.4 Å². The molecule has 0 bridgehead atoms. The smallest absolute Gasteiger partial charge is 0.435 e. The summed E-state index contributed by atoms with van der Waals surface area (Å²) in [4.78, 5) is 38.6. The predicted molar refractivity (Wildman–Crippen MR) is 169 cm³/mol. The maximum Gasteiger partial charge on any atom is 0.435 e. The lowest BCUT2D eigenvalue weighted by Gasteiger charge is -2.23. The highest BCUT2D eigenvalue weighted by Gasteiger charge is 2.23. The van der Waals surface area contributed by atoms with E-state index < -0.39 is 29.4 Å². The number of hydrogen-bond donors (Lipinski definition) is 3. The van der Waals surface area contributed by atoms with Crippen LogP contribution in [0.5, 0.6) is 5.75 Å². The van der Waals surface area contributed by atoms with Gasteiger partial charge in [-0.1, -0.05) is 30.3 Å². The number of nitrogens with zero attached hydrogens (tertiary/aromatic N) is 2. The molecule has 0 aliphatic rings. The van der Waals surface area contributed by atoms with Crippen molar-refractivity contribution in [2.24, 2.45) is 0 Å². The molecule has 1 unspecified atom stereocenters. The minimum atomic E-state index is -0.692. The minimum absolute atomic E-state index is 0.0884. The molecule has 1 aromatic heterocycles. The molecule has 0 fully saturated rings. The molecule has 4 rings (SSSR count). The average Bonchev–Trinajstić information content (AvgIpc) is 3.29. The number of amides is 2. The lowest BCUT2D eigenvalue weighted by atomic mass is 10.0. The number of carbonyl (C=O) groups excluding carboxylic acids is 3. The summed E-state index contributed by atoms with van der Waals surface area (Å²) in [5, 5.41) is 10.5. The fraction of sp³-hybridized carbons (Fsp3) is 0.333. The number of alkyl carbamates (subject to hydrolysis) is 1. The van der Waals surface area contributed by atoms with Gasteiger partial charge in [0.05, 0.1) is 18.7 Å². The second kappa shape index (κ2) is 12.7. The Morgan fingerprint density at radius 1 is 0.886 bits per heavy atom. The van der Waals surface area contributed by atoms with Gasteiger partial charge in [0.2, 0.25) is 0 Å². The number of rotatable bonds is 7. The molecule has 232 valence electrons. The SMILES string of the molecule is COc1cccc(C(CNC(=O)OC(C)(C)C)NC(=O)c2cccc(-c3ccc4c(c3)c(N)nn4C(=O)OC(C)(C)C)c2)c1. The summed E-state index contributed by atoms with van der Waals surface area (Å²) >= 11 is 0. The van der Waals surface area contributed by atoms with Crippen molar-refractivity contribution in [1.29, 1.82) is 0 Å². The zero-order chi connectivity index (χ0) is 32.2. The highest BCUT2D eigenvalue weighted by Crippen LogP contribution is 2.29. The van der Waals surface area contributed by atoms with E-state index in [2.05, 4.69) is 15.7 Å². The molecule has 11 nitrogen and oxygen atoms in total. The molecule has 3 aromatic carbocycles. The number of fused-ring (bicyclic) bond motifs is 1. The lowest BCUT2D eigenvalue weighted by Crippen LogP contribution is -2.40. The average molecular weight is 602 g/mol. The van der Waals surface area contributed by atoms with Crippen LogP contribution in [-0.2, 0) is 9.47 Å². The van der Waals surface area contributed by atoms with Gasteiger partial charge in [-0.3, -0.25) is 4.79 Å². The molecule has 1 atom stereocenters. The molecular formula is C33H39N5O6. The van der Waals surface area contributed by atoms with Gasteiger partial charge < -0.3 is 30.6 Å². The molecule has 0 saturated carbocycles. The third kappa shape index (κ3) is 8.06. The summed E-state index contributed by atoms with van der Waals surface area (Å²) in [5.41, 5.74) is 8.00. The van der Waals surface area contributed by atoms with Crippen molar-refractivity contribution in [2.45, 2.75) is 58.8 Å². The number of benzene rings is 3. The van der Waals surface area contributed by atoms with Crippen LogP contribution >= 0.6 is 0 Å². The van der Waals surface area contributed by atoms with Crippen molar-refractivity contribution in [3.05, 3.63) is 77.9 Å². The number of carbonyl (C=O) groups is 3. The standard InChI is InChI=1S/C33H39N5O6/c1-32(2,3)43-30(40)35-19-26(22-11-9-13-24(17-22)42-7)36-29(39)23-12-8-10-20(16-23)21-14-15-27-25(18-21)28(34)37-38(27)31(41)44-33(4,5)6/h8-18,26H,19H2,1-7H3,(H2,34,37)(H,35,40)(H,36,39). The molecule has 4 N–H and O–H groups in total. The number of anilines is 1. The first-order chi connectivity index (χ1) is 20.6. The van der Waals surface area contributed by atoms with Gasteiger partial charge in [-0.2, -0.15) is 4.68 Å². The van der Waals surface area contributed by atoms with Gasteiger partial charge in [0, 0.05) is 17.5 Å². The van der Waals surface area contributed by atoms with E-state index in [0.717, 1.165) is 21.4 Å². The second-order valence-electron chi connectivity index (χ2n) is 12.3. The molecule has 11 heteroatoms. The maximum absolute atomic E-state index is 13.5. The van der Waals surface area contributed by atoms with Crippen LogP contribution in [0.15, 0.2) is 66.7 Å². The van der Waals surface area contributed by atoms with E-state index in [-0.39, 0.29) is 18.3 Å².